The molecule has 1 rings (SSSR count). The molecule has 1 aromatic carbocycles. The predicted octanol–water partition coefficient (Wildman–Crippen LogP) is 2.66. The fourth-order valence-corrected chi connectivity index (χ4v) is 1.63. The van der Waals surface area contributed by atoms with Gasteiger partial charge in [0.15, 0.2) is 0 Å². The molecule has 0 saturated carbocycles. The van der Waals surface area contributed by atoms with Crippen molar-refractivity contribution in [3.05, 3.63) is 38.4 Å². The van der Waals surface area contributed by atoms with Crippen molar-refractivity contribution in [2.45, 2.75) is 20.3 Å². The molecule has 92 valence electrons. The quantitative estimate of drug-likeness (QED) is 0.472. The maximum absolute atomic E-state index is 11.3. The third kappa shape index (κ3) is 3.42. The van der Waals surface area contributed by atoms with E-state index in [1.165, 1.54) is 6.07 Å². The van der Waals surface area contributed by atoms with E-state index in [-0.39, 0.29) is 23.7 Å². The molecule has 0 fully saturated rings. The van der Waals surface area contributed by atoms with E-state index in [9.17, 15) is 14.9 Å². The van der Waals surface area contributed by atoms with Crippen LogP contribution in [0.15, 0.2) is 12.1 Å². The number of nitrogens with zero attached hydrogens (tertiary/aromatic N) is 1. The van der Waals surface area contributed by atoms with Crippen LogP contribution in [0.4, 0.5) is 5.69 Å². The number of carbonyl (C=O) groups excluding carboxylic acids is 1. The Bertz CT molecular complexity index is 459. The first-order chi connectivity index (χ1) is 7.95. The fraction of sp³-hybridized carbons (Fsp3) is 0.364. The minimum Gasteiger partial charge on any atom is -0.466 e. The largest absolute Gasteiger partial charge is 0.466 e. The number of ether oxygens (including phenoxy) is 1. The lowest BCUT2D eigenvalue weighted by atomic mass is 10.1. The van der Waals surface area contributed by atoms with Crippen molar-refractivity contribution >= 4 is 23.3 Å². The van der Waals surface area contributed by atoms with E-state index in [4.69, 9.17) is 16.3 Å². The SMILES string of the molecule is CCOC(=O)Cc1cc(Cl)c(C)c([N+](=O)[O-])c1. The number of esters is 1. The topological polar surface area (TPSA) is 69.4 Å². The number of rotatable bonds is 4. The molecule has 0 aliphatic rings. The van der Waals surface area contributed by atoms with Gasteiger partial charge in [0.1, 0.15) is 0 Å². The highest BCUT2D eigenvalue weighted by atomic mass is 35.5. The summed E-state index contributed by atoms with van der Waals surface area (Å²) < 4.78 is 4.76. The Labute approximate surface area is 103 Å². The third-order valence-electron chi connectivity index (χ3n) is 2.23. The van der Waals surface area contributed by atoms with E-state index in [2.05, 4.69) is 0 Å². The second-order valence-electron chi connectivity index (χ2n) is 3.46. The molecule has 0 heterocycles. The Morgan fingerprint density at radius 2 is 2.18 bits per heavy atom. The summed E-state index contributed by atoms with van der Waals surface area (Å²) in [4.78, 5) is 21.5. The van der Waals surface area contributed by atoms with Gasteiger partial charge >= 0.3 is 5.97 Å². The molecule has 0 aromatic heterocycles. The number of hydrogen-bond acceptors (Lipinski definition) is 4. The minimum atomic E-state index is -0.518. The maximum atomic E-state index is 11.3. The Hall–Kier alpha value is -1.62. The van der Waals surface area contributed by atoms with Crippen LogP contribution >= 0.6 is 11.6 Å². The molecule has 0 N–H and O–H groups in total. The highest BCUT2D eigenvalue weighted by Crippen LogP contribution is 2.27. The lowest BCUT2D eigenvalue weighted by molar-refractivity contribution is -0.385. The highest BCUT2D eigenvalue weighted by Gasteiger charge is 2.16. The summed E-state index contributed by atoms with van der Waals surface area (Å²) in [5.74, 6) is -0.429. The van der Waals surface area contributed by atoms with Gasteiger partial charge in [-0.15, -0.1) is 0 Å². The van der Waals surface area contributed by atoms with Crippen LogP contribution in [0.25, 0.3) is 0 Å². The standard InChI is InChI=1S/C11H12ClNO4/c1-3-17-11(14)6-8-4-9(12)7(2)10(5-8)13(15)16/h4-5H,3,6H2,1-2H3. The van der Waals surface area contributed by atoms with Crippen molar-refractivity contribution in [3.8, 4) is 0 Å². The summed E-state index contributed by atoms with van der Waals surface area (Å²) in [6, 6.07) is 2.89. The molecular weight excluding hydrogens is 246 g/mol. The first-order valence-corrected chi connectivity index (χ1v) is 5.42. The van der Waals surface area contributed by atoms with Crippen LogP contribution in [0, 0.1) is 17.0 Å². The molecule has 0 radical (unpaired) electrons. The number of hydrogen-bond donors (Lipinski definition) is 0. The molecule has 0 aliphatic heterocycles. The van der Waals surface area contributed by atoms with Crippen LogP contribution in [-0.4, -0.2) is 17.5 Å². The molecule has 1 aromatic rings. The first-order valence-electron chi connectivity index (χ1n) is 5.04. The average Bonchev–Trinajstić information content (AvgIpc) is 2.23. The Morgan fingerprint density at radius 3 is 2.71 bits per heavy atom. The van der Waals surface area contributed by atoms with Crippen LogP contribution in [0.5, 0.6) is 0 Å². The summed E-state index contributed by atoms with van der Waals surface area (Å²) in [6.45, 7) is 3.54. The molecule has 6 heteroatoms. The molecule has 0 saturated heterocycles. The van der Waals surface area contributed by atoms with Gasteiger partial charge in [0.2, 0.25) is 0 Å². The molecule has 0 amide bonds. The molecule has 0 unspecified atom stereocenters. The Kier molecular flexibility index (Phi) is 4.45. The van der Waals surface area contributed by atoms with E-state index in [1.807, 2.05) is 0 Å². The van der Waals surface area contributed by atoms with Crippen molar-refractivity contribution in [2.75, 3.05) is 6.61 Å². The molecule has 5 nitrogen and oxygen atoms in total. The van der Waals surface area contributed by atoms with Gasteiger partial charge in [0.25, 0.3) is 5.69 Å². The number of benzene rings is 1. The van der Waals surface area contributed by atoms with Crippen molar-refractivity contribution in [3.63, 3.8) is 0 Å². The summed E-state index contributed by atoms with van der Waals surface area (Å²) in [5, 5.41) is 11.0. The zero-order valence-electron chi connectivity index (χ0n) is 9.53. The monoisotopic (exact) mass is 257 g/mol. The summed E-state index contributed by atoms with van der Waals surface area (Å²) in [6.07, 6.45) is -0.0192. The van der Waals surface area contributed by atoms with Gasteiger partial charge in [0, 0.05) is 11.6 Å². The molecule has 0 spiro atoms. The smallest absolute Gasteiger partial charge is 0.310 e. The number of nitro benzene ring substituents is 1. The van der Waals surface area contributed by atoms with E-state index >= 15 is 0 Å². The third-order valence-corrected chi connectivity index (χ3v) is 2.62. The molecule has 0 aliphatic carbocycles. The summed E-state index contributed by atoms with van der Waals surface area (Å²) >= 11 is 5.87. The molecule has 0 atom stereocenters. The van der Waals surface area contributed by atoms with Gasteiger partial charge in [-0.1, -0.05) is 11.6 Å². The maximum Gasteiger partial charge on any atom is 0.310 e. The number of carbonyl (C=O) groups is 1. The highest BCUT2D eigenvalue weighted by molar-refractivity contribution is 6.31. The van der Waals surface area contributed by atoms with Crippen LogP contribution in [0.3, 0.4) is 0 Å². The average molecular weight is 258 g/mol. The number of halogens is 1. The minimum absolute atomic E-state index is 0.0192. The van der Waals surface area contributed by atoms with Crippen molar-refractivity contribution in [2.24, 2.45) is 0 Å². The van der Waals surface area contributed by atoms with Crippen molar-refractivity contribution < 1.29 is 14.5 Å². The molecular formula is C11H12ClNO4. The van der Waals surface area contributed by atoms with Gasteiger partial charge in [-0.05, 0) is 25.5 Å². The van der Waals surface area contributed by atoms with Crippen LogP contribution in [0.1, 0.15) is 18.1 Å². The number of nitro groups is 1. The van der Waals surface area contributed by atoms with E-state index < -0.39 is 10.9 Å². The predicted molar refractivity (Wildman–Crippen MR) is 63.2 cm³/mol. The lowest BCUT2D eigenvalue weighted by Gasteiger charge is -2.05. The van der Waals surface area contributed by atoms with Gasteiger partial charge in [-0.25, -0.2) is 0 Å². The van der Waals surface area contributed by atoms with Crippen LogP contribution in [0.2, 0.25) is 5.02 Å². The fourth-order valence-electron chi connectivity index (χ4n) is 1.39. The zero-order chi connectivity index (χ0) is 13.0. The lowest BCUT2D eigenvalue weighted by Crippen LogP contribution is -2.08. The second kappa shape index (κ2) is 5.63. The van der Waals surface area contributed by atoms with E-state index in [0.717, 1.165) is 0 Å². The zero-order valence-corrected chi connectivity index (χ0v) is 10.3. The Balaban J connectivity index is 3.02. The van der Waals surface area contributed by atoms with Gasteiger partial charge in [-0.2, -0.15) is 0 Å². The Morgan fingerprint density at radius 1 is 1.53 bits per heavy atom. The summed E-state index contributed by atoms with van der Waals surface area (Å²) in [7, 11) is 0. The normalized spacial score (nSPS) is 10.1. The van der Waals surface area contributed by atoms with Gasteiger partial charge in [0.05, 0.1) is 23.0 Å². The molecule has 0 bridgehead atoms. The summed E-state index contributed by atoms with van der Waals surface area (Å²) in [5.41, 5.74) is 0.784. The van der Waals surface area contributed by atoms with Crippen LogP contribution in [-0.2, 0) is 16.0 Å². The molecule has 17 heavy (non-hydrogen) atoms. The van der Waals surface area contributed by atoms with Crippen molar-refractivity contribution in [1.29, 1.82) is 0 Å². The first kappa shape index (κ1) is 13.4. The van der Waals surface area contributed by atoms with E-state index in [0.29, 0.717) is 11.1 Å². The van der Waals surface area contributed by atoms with Gasteiger partial charge in [-0.3, -0.25) is 14.9 Å². The van der Waals surface area contributed by atoms with E-state index in [1.54, 1.807) is 19.9 Å². The van der Waals surface area contributed by atoms with Crippen molar-refractivity contribution in [1.82, 2.24) is 0 Å². The van der Waals surface area contributed by atoms with Gasteiger partial charge < -0.3 is 4.74 Å². The second-order valence-corrected chi connectivity index (χ2v) is 3.87. The van der Waals surface area contributed by atoms with Crippen LogP contribution < -0.4 is 0 Å².